The molecule has 1 aromatic rings. The van der Waals surface area contributed by atoms with Crippen LogP contribution in [-0.2, 0) is 0 Å². The minimum absolute atomic E-state index is 0.220. The van der Waals surface area contributed by atoms with E-state index >= 15 is 0 Å². The van der Waals surface area contributed by atoms with Gasteiger partial charge in [0.05, 0.1) is 17.6 Å². The molecule has 2 rings (SSSR count). The molecule has 1 atom stereocenters. The number of aliphatic imine (C=N–C) groups is 1. The summed E-state index contributed by atoms with van der Waals surface area (Å²) in [7, 11) is 0. The maximum Gasteiger partial charge on any atom is 0.139 e. The molecular formula is C13H21N3O. The number of rotatable bonds is 2. The monoisotopic (exact) mass is 235 g/mol. The molecule has 1 aliphatic rings. The fourth-order valence-electron chi connectivity index (χ4n) is 2.42. The second-order valence-electron chi connectivity index (χ2n) is 4.74. The molecule has 0 amide bonds. The number of amidine groups is 1. The summed E-state index contributed by atoms with van der Waals surface area (Å²) < 4.78 is 5.20. The number of nitrogens with zero attached hydrogens (tertiary/aromatic N) is 2. The third-order valence-corrected chi connectivity index (χ3v) is 3.28. The average molecular weight is 235 g/mol. The van der Waals surface area contributed by atoms with Gasteiger partial charge in [-0.15, -0.1) is 0 Å². The van der Waals surface area contributed by atoms with Gasteiger partial charge in [-0.1, -0.05) is 11.6 Å². The van der Waals surface area contributed by atoms with Gasteiger partial charge in [-0.2, -0.15) is 0 Å². The predicted octanol–water partition coefficient (Wildman–Crippen LogP) is 2.91. The van der Waals surface area contributed by atoms with Gasteiger partial charge in [0, 0.05) is 18.5 Å². The molecule has 0 saturated heterocycles. The summed E-state index contributed by atoms with van der Waals surface area (Å²) in [5.74, 6) is 2.03. The van der Waals surface area contributed by atoms with Crippen molar-refractivity contribution in [3.05, 3.63) is 17.0 Å². The third kappa shape index (κ3) is 2.87. The first kappa shape index (κ1) is 12.1. The van der Waals surface area contributed by atoms with E-state index in [0.717, 1.165) is 35.8 Å². The Hall–Kier alpha value is -1.32. The van der Waals surface area contributed by atoms with Gasteiger partial charge in [0.15, 0.2) is 0 Å². The molecule has 1 N–H and O–H groups in total. The van der Waals surface area contributed by atoms with Gasteiger partial charge in [0.2, 0.25) is 0 Å². The minimum atomic E-state index is 0.220. The Morgan fingerprint density at radius 1 is 1.24 bits per heavy atom. The first-order valence-electron chi connectivity index (χ1n) is 6.41. The highest BCUT2D eigenvalue weighted by molar-refractivity contribution is 5.82. The molecule has 0 aromatic carbocycles. The second-order valence-corrected chi connectivity index (χ2v) is 4.74. The highest BCUT2D eigenvalue weighted by Gasteiger charge is 2.17. The quantitative estimate of drug-likeness (QED) is 0.857. The number of hydrogen-bond donors (Lipinski definition) is 1. The summed E-state index contributed by atoms with van der Waals surface area (Å²) in [5, 5.41) is 7.49. The smallest absolute Gasteiger partial charge is 0.139 e. The molecule has 0 fully saturated rings. The molecule has 1 unspecified atom stereocenters. The zero-order chi connectivity index (χ0) is 12.3. The van der Waals surface area contributed by atoms with Gasteiger partial charge in [-0.05, 0) is 33.6 Å². The van der Waals surface area contributed by atoms with E-state index in [0.29, 0.717) is 0 Å². The Morgan fingerprint density at radius 3 is 2.76 bits per heavy atom. The van der Waals surface area contributed by atoms with E-state index in [1.165, 1.54) is 19.3 Å². The number of hydrogen-bond acceptors (Lipinski definition) is 4. The fourth-order valence-corrected chi connectivity index (χ4v) is 2.42. The van der Waals surface area contributed by atoms with Gasteiger partial charge < -0.3 is 9.84 Å². The summed E-state index contributed by atoms with van der Waals surface area (Å²) in [4.78, 5) is 4.59. The average Bonchev–Trinajstić information content (AvgIpc) is 2.53. The van der Waals surface area contributed by atoms with E-state index in [-0.39, 0.29) is 6.04 Å². The highest BCUT2D eigenvalue weighted by Crippen LogP contribution is 2.21. The maximum absolute atomic E-state index is 5.20. The molecule has 1 aliphatic heterocycles. The van der Waals surface area contributed by atoms with Gasteiger partial charge >= 0.3 is 0 Å². The summed E-state index contributed by atoms with van der Waals surface area (Å²) >= 11 is 0. The molecule has 94 valence electrons. The van der Waals surface area contributed by atoms with Crippen LogP contribution >= 0.6 is 0 Å². The third-order valence-electron chi connectivity index (χ3n) is 3.28. The maximum atomic E-state index is 5.20. The van der Waals surface area contributed by atoms with Crippen LogP contribution in [-0.4, -0.2) is 17.5 Å². The topological polar surface area (TPSA) is 50.4 Å². The van der Waals surface area contributed by atoms with Crippen LogP contribution in [0.3, 0.4) is 0 Å². The Kier molecular flexibility index (Phi) is 3.82. The molecule has 0 bridgehead atoms. The second kappa shape index (κ2) is 5.34. The Bertz CT molecular complexity index is 389. The van der Waals surface area contributed by atoms with Crippen molar-refractivity contribution >= 4 is 5.84 Å². The van der Waals surface area contributed by atoms with Crippen LogP contribution < -0.4 is 5.32 Å². The van der Waals surface area contributed by atoms with Gasteiger partial charge in [-0.25, -0.2) is 0 Å². The SMILES string of the molecule is Cc1noc(C)c1C(C)NC1=NCCCCC1. The lowest BCUT2D eigenvalue weighted by Crippen LogP contribution is -2.27. The van der Waals surface area contributed by atoms with Crippen molar-refractivity contribution in [3.8, 4) is 0 Å². The summed E-state index contributed by atoms with van der Waals surface area (Å²) in [6.45, 7) is 7.04. The van der Waals surface area contributed by atoms with Gasteiger partial charge in [0.25, 0.3) is 0 Å². The zero-order valence-electron chi connectivity index (χ0n) is 10.9. The van der Waals surface area contributed by atoms with Crippen molar-refractivity contribution in [2.75, 3.05) is 6.54 Å². The van der Waals surface area contributed by atoms with Crippen molar-refractivity contribution < 1.29 is 4.52 Å². The van der Waals surface area contributed by atoms with Gasteiger partial charge in [-0.3, -0.25) is 4.99 Å². The molecule has 0 radical (unpaired) electrons. The van der Waals surface area contributed by atoms with E-state index in [2.05, 4.69) is 22.4 Å². The lowest BCUT2D eigenvalue weighted by Gasteiger charge is -2.16. The molecule has 2 heterocycles. The first-order chi connectivity index (χ1) is 8.18. The van der Waals surface area contributed by atoms with Crippen molar-refractivity contribution in [2.45, 2.75) is 52.5 Å². The summed E-state index contributed by atoms with van der Waals surface area (Å²) in [6.07, 6.45) is 4.80. The van der Waals surface area contributed by atoms with E-state index in [9.17, 15) is 0 Å². The lowest BCUT2D eigenvalue weighted by atomic mass is 10.1. The number of aromatic nitrogens is 1. The Balaban J connectivity index is 2.05. The molecule has 4 heteroatoms. The van der Waals surface area contributed by atoms with Crippen LogP contribution in [0.15, 0.2) is 9.52 Å². The van der Waals surface area contributed by atoms with Crippen LogP contribution in [0.5, 0.6) is 0 Å². The Morgan fingerprint density at radius 2 is 2.06 bits per heavy atom. The zero-order valence-corrected chi connectivity index (χ0v) is 10.9. The highest BCUT2D eigenvalue weighted by atomic mass is 16.5. The summed E-state index contributed by atoms with van der Waals surface area (Å²) in [6, 6.07) is 0.220. The van der Waals surface area contributed by atoms with Crippen molar-refractivity contribution in [1.29, 1.82) is 0 Å². The molecule has 0 aliphatic carbocycles. The van der Waals surface area contributed by atoms with E-state index in [1.807, 2.05) is 13.8 Å². The van der Waals surface area contributed by atoms with E-state index in [1.54, 1.807) is 0 Å². The molecule has 4 nitrogen and oxygen atoms in total. The molecule has 0 spiro atoms. The largest absolute Gasteiger partial charge is 0.367 e. The van der Waals surface area contributed by atoms with E-state index < -0.39 is 0 Å². The van der Waals surface area contributed by atoms with Crippen molar-refractivity contribution in [3.63, 3.8) is 0 Å². The minimum Gasteiger partial charge on any atom is -0.367 e. The van der Waals surface area contributed by atoms with Crippen LogP contribution in [0.25, 0.3) is 0 Å². The van der Waals surface area contributed by atoms with Crippen molar-refractivity contribution in [2.24, 2.45) is 4.99 Å². The molecule has 17 heavy (non-hydrogen) atoms. The lowest BCUT2D eigenvalue weighted by molar-refractivity contribution is 0.391. The van der Waals surface area contributed by atoms with Crippen LogP contribution in [0.4, 0.5) is 0 Å². The Labute approximate surface area is 102 Å². The van der Waals surface area contributed by atoms with Crippen LogP contribution in [0.2, 0.25) is 0 Å². The predicted molar refractivity (Wildman–Crippen MR) is 68.3 cm³/mol. The number of aryl methyl sites for hydroxylation is 2. The standard InChI is InChI=1S/C13H21N3O/c1-9(13-10(2)16-17-11(13)3)15-12-7-5-4-6-8-14-12/h9H,4-8H2,1-3H3,(H,14,15). The molecule has 1 aromatic heterocycles. The molecule has 0 saturated carbocycles. The van der Waals surface area contributed by atoms with E-state index in [4.69, 9.17) is 4.52 Å². The first-order valence-corrected chi connectivity index (χ1v) is 6.41. The summed E-state index contributed by atoms with van der Waals surface area (Å²) in [5.41, 5.74) is 2.13. The van der Waals surface area contributed by atoms with Crippen LogP contribution in [0.1, 0.15) is 55.7 Å². The fraction of sp³-hybridized carbons (Fsp3) is 0.692. The normalized spacial score (nSPS) is 18.4. The van der Waals surface area contributed by atoms with Crippen molar-refractivity contribution in [1.82, 2.24) is 10.5 Å². The number of nitrogens with one attached hydrogen (secondary N) is 1. The van der Waals surface area contributed by atoms with Gasteiger partial charge in [0.1, 0.15) is 5.76 Å². The van der Waals surface area contributed by atoms with Crippen LogP contribution in [0, 0.1) is 13.8 Å². The molecular weight excluding hydrogens is 214 g/mol.